The molecule has 120 valence electrons. The molecule has 1 heterocycles. The summed E-state index contributed by atoms with van der Waals surface area (Å²) in [6.07, 6.45) is 10.9. The Balaban J connectivity index is 1.66. The average Bonchev–Trinajstić information content (AvgIpc) is 2.91. The van der Waals surface area contributed by atoms with Crippen LogP contribution in [-0.2, 0) is 9.53 Å². The lowest BCUT2D eigenvalue weighted by Gasteiger charge is -2.47. The highest BCUT2D eigenvalue weighted by Crippen LogP contribution is 2.41. The van der Waals surface area contributed by atoms with Gasteiger partial charge in [0.15, 0.2) is 0 Å². The number of carbonyl (C=O) groups is 1. The second-order valence-corrected chi connectivity index (χ2v) is 7.27. The summed E-state index contributed by atoms with van der Waals surface area (Å²) in [5, 5.41) is 0. The molecular weight excluding hydrogens is 264 g/mol. The largest absolute Gasteiger partial charge is 0.465 e. The first-order valence-electron chi connectivity index (χ1n) is 8.86. The maximum absolute atomic E-state index is 12.1. The molecule has 0 aromatic rings. The van der Waals surface area contributed by atoms with E-state index in [0.717, 1.165) is 31.2 Å². The van der Waals surface area contributed by atoms with Gasteiger partial charge in [0.2, 0.25) is 0 Å². The number of rotatable bonds is 3. The molecular formula is C17H30N2O2. The highest BCUT2D eigenvalue weighted by atomic mass is 16.5. The standard InChI is InChI=1S/C17H30N2O2/c1-2-21-16(20)17(18)10-9-14(12-17)19-11-5-7-13-6-3-4-8-15(13)19/h13-15H,2-12,18H2,1H3. The molecule has 21 heavy (non-hydrogen) atoms. The van der Waals surface area contributed by atoms with Gasteiger partial charge in [0.25, 0.3) is 0 Å². The lowest BCUT2D eigenvalue weighted by Crippen LogP contribution is -2.53. The minimum atomic E-state index is -0.734. The number of nitrogens with two attached hydrogens (primary N) is 1. The zero-order chi connectivity index (χ0) is 14.9. The molecule has 3 fully saturated rings. The molecule has 0 amide bonds. The topological polar surface area (TPSA) is 55.6 Å². The van der Waals surface area contributed by atoms with Crippen LogP contribution in [-0.4, -0.2) is 41.6 Å². The van der Waals surface area contributed by atoms with Crippen LogP contribution < -0.4 is 5.73 Å². The number of nitrogens with zero attached hydrogens (tertiary/aromatic N) is 1. The first kappa shape index (κ1) is 15.3. The predicted molar refractivity (Wildman–Crippen MR) is 82.9 cm³/mol. The molecule has 4 heteroatoms. The maximum atomic E-state index is 12.1. The maximum Gasteiger partial charge on any atom is 0.326 e. The number of hydrogen-bond donors (Lipinski definition) is 1. The summed E-state index contributed by atoms with van der Waals surface area (Å²) in [4.78, 5) is 14.8. The number of piperidine rings is 1. The highest BCUT2D eigenvalue weighted by molar-refractivity contribution is 5.81. The molecule has 4 nitrogen and oxygen atoms in total. The molecule has 0 aromatic heterocycles. The summed E-state index contributed by atoms with van der Waals surface area (Å²) < 4.78 is 5.19. The Morgan fingerprint density at radius 2 is 2.00 bits per heavy atom. The molecule has 1 saturated heterocycles. The van der Waals surface area contributed by atoms with Crippen molar-refractivity contribution in [1.82, 2.24) is 4.90 Å². The van der Waals surface area contributed by atoms with E-state index in [2.05, 4.69) is 4.90 Å². The molecule has 0 spiro atoms. The fraction of sp³-hybridized carbons (Fsp3) is 0.941. The van der Waals surface area contributed by atoms with Crippen molar-refractivity contribution in [1.29, 1.82) is 0 Å². The fourth-order valence-corrected chi connectivity index (χ4v) is 4.91. The van der Waals surface area contributed by atoms with Gasteiger partial charge in [-0.15, -0.1) is 0 Å². The van der Waals surface area contributed by atoms with E-state index in [4.69, 9.17) is 10.5 Å². The van der Waals surface area contributed by atoms with Gasteiger partial charge < -0.3 is 10.5 Å². The van der Waals surface area contributed by atoms with Gasteiger partial charge in [0.05, 0.1) is 6.61 Å². The van der Waals surface area contributed by atoms with Crippen LogP contribution in [0.15, 0.2) is 0 Å². The first-order chi connectivity index (χ1) is 10.1. The van der Waals surface area contributed by atoms with Crippen molar-refractivity contribution in [2.45, 2.75) is 82.3 Å². The molecule has 2 aliphatic carbocycles. The number of carbonyl (C=O) groups excluding carboxylic acids is 1. The van der Waals surface area contributed by atoms with Crippen LogP contribution in [0.3, 0.4) is 0 Å². The Kier molecular flexibility index (Phi) is 4.55. The summed E-state index contributed by atoms with van der Waals surface area (Å²) in [6, 6.07) is 1.24. The summed E-state index contributed by atoms with van der Waals surface area (Å²) in [7, 11) is 0. The van der Waals surface area contributed by atoms with Crippen LogP contribution in [0.4, 0.5) is 0 Å². The Labute approximate surface area is 128 Å². The van der Waals surface area contributed by atoms with Crippen molar-refractivity contribution in [3.05, 3.63) is 0 Å². The van der Waals surface area contributed by atoms with Gasteiger partial charge in [-0.2, -0.15) is 0 Å². The molecule has 0 bridgehead atoms. The third-order valence-corrected chi connectivity index (χ3v) is 5.96. The van der Waals surface area contributed by atoms with E-state index in [1.54, 1.807) is 0 Å². The fourth-order valence-electron chi connectivity index (χ4n) is 4.91. The van der Waals surface area contributed by atoms with E-state index in [1.165, 1.54) is 45.1 Å². The normalized spacial score (nSPS) is 40.8. The van der Waals surface area contributed by atoms with Gasteiger partial charge in [0, 0.05) is 12.1 Å². The average molecular weight is 294 g/mol. The van der Waals surface area contributed by atoms with Crippen molar-refractivity contribution >= 4 is 5.97 Å². The summed E-state index contributed by atoms with van der Waals surface area (Å²) in [6.45, 7) is 3.48. The molecule has 3 aliphatic rings. The third-order valence-electron chi connectivity index (χ3n) is 5.96. The minimum absolute atomic E-state index is 0.190. The van der Waals surface area contributed by atoms with E-state index < -0.39 is 5.54 Å². The third kappa shape index (κ3) is 2.98. The Morgan fingerprint density at radius 1 is 1.24 bits per heavy atom. The SMILES string of the molecule is CCOC(=O)C1(N)CCC(N2CCCC3CCCCC32)C1. The van der Waals surface area contributed by atoms with Crippen molar-refractivity contribution in [3.8, 4) is 0 Å². The number of esters is 1. The van der Waals surface area contributed by atoms with E-state index in [9.17, 15) is 4.79 Å². The molecule has 1 aliphatic heterocycles. The van der Waals surface area contributed by atoms with E-state index in [-0.39, 0.29) is 5.97 Å². The highest BCUT2D eigenvalue weighted by Gasteiger charge is 2.47. The Hall–Kier alpha value is -0.610. The van der Waals surface area contributed by atoms with Crippen LogP contribution >= 0.6 is 0 Å². The van der Waals surface area contributed by atoms with E-state index in [0.29, 0.717) is 12.6 Å². The molecule has 3 rings (SSSR count). The van der Waals surface area contributed by atoms with Crippen LogP contribution in [0.25, 0.3) is 0 Å². The zero-order valence-corrected chi connectivity index (χ0v) is 13.4. The summed E-state index contributed by atoms with van der Waals surface area (Å²) in [5.41, 5.74) is 5.62. The summed E-state index contributed by atoms with van der Waals surface area (Å²) in [5.74, 6) is 0.701. The van der Waals surface area contributed by atoms with Gasteiger partial charge in [-0.1, -0.05) is 12.8 Å². The number of ether oxygens (including phenoxy) is 1. The van der Waals surface area contributed by atoms with Gasteiger partial charge in [0.1, 0.15) is 5.54 Å². The smallest absolute Gasteiger partial charge is 0.326 e. The lowest BCUT2D eigenvalue weighted by molar-refractivity contribution is -0.149. The summed E-state index contributed by atoms with van der Waals surface area (Å²) >= 11 is 0. The monoisotopic (exact) mass is 294 g/mol. The second-order valence-electron chi connectivity index (χ2n) is 7.27. The quantitative estimate of drug-likeness (QED) is 0.812. The van der Waals surface area contributed by atoms with Gasteiger partial charge >= 0.3 is 5.97 Å². The first-order valence-corrected chi connectivity index (χ1v) is 8.86. The van der Waals surface area contributed by atoms with Gasteiger partial charge in [-0.3, -0.25) is 9.69 Å². The second kappa shape index (κ2) is 6.25. The van der Waals surface area contributed by atoms with E-state index in [1.807, 2.05) is 6.92 Å². The van der Waals surface area contributed by atoms with Crippen molar-refractivity contribution in [3.63, 3.8) is 0 Å². The zero-order valence-electron chi connectivity index (χ0n) is 13.4. The van der Waals surface area contributed by atoms with E-state index >= 15 is 0 Å². The number of likely N-dealkylation sites (tertiary alicyclic amines) is 1. The molecule has 0 aromatic carbocycles. The van der Waals surface area contributed by atoms with Gasteiger partial charge in [-0.05, 0) is 64.3 Å². The van der Waals surface area contributed by atoms with Crippen molar-refractivity contribution < 1.29 is 9.53 Å². The Bertz CT molecular complexity index is 385. The van der Waals surface area contributed by atoms with Crippen LogP contribution in [0.5, 0.6) is 0 Å². The molecule has 0 radical (unpaired) electrons. The van der Waals surface area contributed by atoms with Crippen LogP contribution in [0.2, 0.25) is 0 Å². The molecule has 2 N–H and O–H groups in total. The van der Waals surface area contributed by atoms with Crippen LogP contribution in [0, 0.1) is 5.92 Å². The number of hydrogen-bond acceptors (Lipinski definition) is 4. The Morgan fingerprint density at radius 3 is 2.81 bits per heavy atom. The molecule has 4 unspecified atom stereocenters. The number of fused-ring (bicyclic) bond motifs is 1. The lowest BCUT2D eigenvalue weighted by atomic mass is 9.77. The predicted octanol–water partition coefficient (Wildman–Crippen LogP) is 2.45. The minimum Gasteiger partial charge on any atom is -0.465 e. The molecule has 2 saturated carbocycles. The molecule has 4 atom stereocenters. The van der Waals surface area contributed by atoms with Crippen LogP contribution in [0.1, 0.15) is 64.7 Å². The van der Waals surface area contributed by atoms with Gasteiger partial charge in [-0.25, -0.2) is 0 Å². The van der Waals surface area contributed by atoms with Crippen molar-refractivity contribution in [2.24, 2.45) is 11.7 Å². The van der Waals surface area contributed by atoms with Crippen molar-refractivity contribution in [2.75, 3.05) is 13.2 Å².